The number of ether oxygens (including phenoxy) is 1. The van der Waals surface area contributed by atoms with Crippen LogP contribution in [-0.4, -0.2) is 20.9 Å². The zero-order valence-electron chi connectivity index (χ0n) is 17.1. The Kier molecular flexibility index (Phi) is 7.88. The summed E-state index contributed by atoms with van der Waals surface area (Å²) in [5.41, 5.74) is 1.10. The van der Waals surface area contributed by atoms with Gasteiger partial charge in [0.2, 0.25) is 0 Å². The van der Waals surface area contributed by atoms with Crippen LogP contribution in [-0.2, 0) is 20.6 Å². The van der Waals surface area contributed by atoms with E-state index in [1.807, 2.05) is 30.3 Å². The summed E-state index contributed by atoms with van der Waals surface area (Å²) in [5, 5.41) is 0.235. The van der Waals surface area contributed by atoms with Crippen molar-refractivity contribution in [2.75, 3.05) is 6.61 Å². The van der Waals surface area contributed by atoms with Gasteiger partial charge in [-0.2, -0.15) is 0 Å². The van der Waals surface area contributed by atoms with Gasteiger partial charge in [0.25, 0.3) is 0 Å². The van der Waals surface area contributed by atoms with Crippen molar-refractivity contribution in [2.45, 2.75) is 78.6 Å². The fourth-order valence-corrected chi connectivity index (χ4v) is 3.22. The second kappa shape index (κ2) is 8.99. The van der Waals surface area contributed by atoms with Crippen LogP contribution < -0.4 is 0 Å². The summed E-state index contributed by atoms with van der Waals surface area (Å²) in [6.07, 6.45) is 2.24. The number of esters is 1. The molecule has 0 N–H and O–H groups in total. The minimum Gasteiger partial charge on any atom is -0.461 e. The molecule has 0 aliphatic heterocycles. The van der Waals surface area contributed by atoms with Gasteiger partial charge < -0.3 is 9.16 Å². The summed E-state index contributed by atoms with van der Waals surface area (Å²) in [4.78, 5) is 12.0. The van der Waals surface area contributed by atoms with Crippen LogP contribution in [0.5, 0.6) is 0 Å². The lowest BCUT2D eigenvalue weighted by Crippen LogP contribution is -2.41. The van der Waals surface area contributed by atoms with Crippen molar-refractivity contribution in [1.82, 2.24) is 0 Å². The second-order valence-corrected chi connectivity index (χ2v) is 14.0. The van der Waals surface area contributed by atoms with Crippen LogP contribution in [0, 0.1) is 5.41 Å². The summed E-state index contributed by atoms with van der Waals surface area (Å²) >= 11 is 0. The smallest absolute Gasteiger partial charge is 0.306 e. The minimum atomic E-state index is -1.69. The van der Waals surface area contributed by atoms with Gasteiger partial charge in [-0.1, -0.05) is 65.0 Å². The molecule has 1 rings (SSSR count). The third-order valence-electron chi connectivity index (χ3n) is 5.30. The van der Waals surface area contributed by atoms with Crippen LogP contribution in [0.1, 0.15) is 59.4 Å². The van der Waals surface area contributed by atoms with Crippen molar-refractivity contribution in [3.05, 3.63) is 35.9 Å². The molecule has 0 fully saturated rings. The third kappa shape index (κ3) is 8.19. The lowest BCUT2D eigenvalue weighted by atomic mass is 9.85. The SMILES string of the molecule is CC(C)(CCO[Si](C)(C)C(C)(C)C)CCC(=O)OCc1ccccc1. The summed E-state index contributed by atoms with van der Waals surface area (Å²) < 4.78 is 11.6. The summed E-state index contributed by atoms with van der Waals surface area (Å²) in [6, 6.07) is 9.80. The van der Waals surface area contributed by atoms with Gasteiger partial charge in [0.15, 0.2) is 8.32 Å². The van der Waals surface area contributed by atoms with Crippen molar-refractivity contribution >= 4 is 14.3 Å². The molecule has 0 spiro atoms. The van der Waals surface area contributed by atoms with Crippen LogP contribution in [0.3, 0.4) is 0 Å². The monoisotopic (exact) mass is 364 g/mol. The molecule has 0 aliphatic rings. The molecule has 0 bridgehead atoms. The largest absolute Gasteiger partial charge is 0.461 e. The van der Waals surface area contributed by atoms with E-state index in [0.29, 0.717) is 13.0 Å². The first-order chi connectivity index (χ1) is 11.4. The van der Waals surface area contributed by atoms with Crippen LogP contribution in [0.2, 0.25) is 18.1 Å². The first-order valence-electron chi connectivity index (χ1n) is 9.26. The number of carbonyl (C=O) groups is 1. The molecule has 0 aliphatic carbocycles. The van der Waals surface area contributed by atoms with Crippen molar-refractivity contribution in [1.29, 1.82) is 0 Å². The standard InChI is InChI=1S/C21H36O3Si/c1-20(2,3)25(6,7)24-16-15-21(4,5)14-13-19(22)23-17-18-11-9-8-10-12-18/h8-12H,13-17H2,1-7H3. The molecule has 25 heavy (non-hydrogen) atoms. The van der Waals surface area contributed by atoms with Gasteiger partial charge in [0.1, 0.15) is 6.61 Å². The highest BCUT2D eigenvalue weighted by Gasteiger charge is 2.37. The van der Waals surface area contributed by atoms with E-state index in [0.717, 1.165) is 25.0 Å². The topological polar surface area (TPSA) is 35.5 Å². The van der Waals surface area contributed by atoms with Crippen molar-refractivity contribution in [3.8, 4) is 0 Å². The Balaban J connectivity index is 2.31. The quantitative estimate of drug-likeness (QED) is 0.401. The lowest BCUT2D eigenvalue weighted by Gasteiger charge is -2.37. The highest BCUT2D eigenvalue weighted by molar-refractivity contribution is 6.74. The van der Waals surface area contributed by atoms with Gasteiger partial charge in [-0.15, -0.1) is 0 Å². The normalized spacial score (nSPS) is 12.9. The highest BCUT2D eigenvalue weighted by Crippen LogP contribution is 2.37. The van der Waals surface area contributed by atoms with E-state index < -0.39 is 8.32 Å². The van der Waals surface area contributed by atoms with E-state index in [4.69, 9.17) is 9.16 Å². The van der Waals surface area contributed by atoms with Gasteiger partial charge in [0, 0.05) is 13.0 Å². The molecule has 0 saturated carbocycles. The molecule has 3 nitrogen and oxygen atoms in total. The molecule has 1 aromatic carbocycles. The molecule has 0 radical (unpaired) electrons. The Morgan fingerprint density at radius 1 is 1.00 bits per heavy atom. The summed E-state index contributed by atoms with van der Waals surface area (Å²) in [5.74, 6) is -0.123. The van der Waals surface area contributed by atoms with E-state index in [1.165, 1.54) is 0 Å². The zero-order chi connectivity index (χ0) is 19.1. The fourth-order valence-electron chi connectivity index (χ4n) is 2.17. The molecule has 0 unspecified atom stereocenters. The minimum absolute atomic E-state index is 0.0775. The number of hydrogen-bond donors (Lipinski definition) is 0. The Morgan fingerprint density at radius 2 is 1.60 bits per heavy atom. The van der Waals surface area contributed by atoms with Gasteiger partial charge in [-0.05, 0) is 42.0 Å². The number of benzene rings is 1. The van der Waals surface area contributed by atoms with Gasteiger partial charge in [-0.3, -0.25) is 4.79 Å². The maximum atomic E-state index is 12.0. The molecule has 142 valence electrons. The van der Waals surface area contributed by atoms with Gasteiger partial charge >= 0.3 is 5.97 Å². The van der Waals surface area contributed by atoms with Crippen LogP contribution in [0.15, 0.2) is 30.3 Å². The molecule has 1 aromatic rings. The first kappa shape index (κ1) is 21.9. The molecule has 0 aromatic heterocycles. The van der Waals surface area contributed by atoms with Crippen LogP contribution in [0.25, 0.3) is 0 Å². The van der Waals surface area contributed by atoms with E-state index in [9.17, 15) is 4.79 Å². The summed E-state index contributed by atoms with van der Waals surface area (Å²) in [7, 11) is -1.69. The predicted molar refractivity (Wildman–Crippen MR) is 107 cm³/mol. The van der Waals surface area contributed by atoms with Crippen molar-refractivity contribution < 1.29 is 14.0 Å². The van der Waals surface area contributed by atoms with Crippen LogP contribution >= 0.6 is 0 Å². The Morgan fingerprint density at radius 3 is 2.16 bits per heavy atom. The first-order valence-corrected chi connectivity index (χ1v) is 12.2. The number of rotatable bonds is 9. The average molecular weight is 365 g/mol. The Bertz CT molecular complexity index is 530. The van der Waals surface area contributed by atoms with Gasteiger partial charge in [0.05, 0.1) is 0 Å². The van der Waals surface area contributed by atoms with E-state index >= 15 is 0 Å². The molecule has 4 heteroatoms. The van der Waals surface area contributed by atoms with E-state index in [2.05, 4.69) is 47.7 Å². The number of carbonyl (C=O) groups excluding carboxylic acids is 1. The van der Waals surface area contributed by atoms with E-state index in [1.54, 1.807) is 0 Å². The molecular formula is C21H36O3Si. The summed E-state index contributed by atoms with van der Waals surface area (Å²) in [6.45, 7) is 16.9. The maximum Gasteiger partial charge on any atom is 0.306 e. The molecule has 0 saturated heterocycles. The Hall–Kier alpha value is -1.13. The molecular weight excluding hydrogens is 328 g/mol. The zero-order valence-corrected chi connectivity index (χ0v) is 18.1. The lowest BCUT2D eigenvalue weighted by molar-refractivity contribution is -0.145. The second-order valence-electron chi connectivity index (χ2n) is 9.17. The third-order valence-corrected chi connectivity index (χ3v) is 9.83. The molecule has 0 amide bonds. The Labute approximate surface area is 155 Å². The highest BCUT2D eigenvalue weighted by atomic mass is 28.4. The average Bonchev–Trinajstić information content (AvgIpc) is 2.50. The van der Waals surface area contributed by atoms with Gasteiger partial charge in [-0.25, -0.2) is 0 Å². The van der Waals surface area contributed by atoms with Crippen molar-refractivity contribution in [2.24, 2.45) is 5.41 Å². The van der Waals surface area contributed by atoms with Crippen LogP contribution in [0.4, 0.5) is 0 Å². The van der Waals surface area contributed by atoms with E-state index in [-0.39, 0.29) is 16.4 Å². The predicted octanol–water partition coefficient (Wildman–Crippen LogP) is 5.95. The van der Waals surface area contributed by atoms with Crippen molar-refractivity contribution in [3.63, 3.8) is 0 Å². The fraction of sp³-hybridized carbons (Fsp3) is 0.667. The molecule has 0 atom stereocenters. The number of hydrogen-bond acceptors (Lipinski definition) is 3. The molecule has 0 heterocycles. The maximum absolute atomic E-state index is 12.0.